The van der Waals surface area contributed by atoms with Crippen LogP contribution < -0.4 is 51.4 Å². The predicted molar refractivity (Wildman–Crippen MR) is 7.74 cm³/mol. The molecule has 0 heterocycles. The molecule has 6 heteroatoms. The van der Waals surface area contributed by atoms with E-state index < -0.39 is 0 Å². The summed E-state index contributed by atoms with van der Waals surface area (Å²) in [5, 5.41) is 0. The van der Waals surface area contributed by atoms with Crippen LogP contribution in [0.5, 0.6) is 0 Å². The molecule has 0 aromatic heterocycles. The summed E-state index contributed by atoms with van der Waals surface area (Å²) >= 11 is 0. The molecule has 0 rings (SSSR count). The third-order valence-corrected chi connectivity index (χ3v) is 0. The van der Waals surface area contributed by atoms with Gasteiger partial charge in [0.15, 0.2) is 0 Å². The van der Waals surface area contributed by atoms with Crippen molar-refractivity contribution in [3.05, 3.63) is 0 Å². The molecular weight excluding hydrogens is 192 g/mol. The summed E-state index contributed by atoms with van der Waals surface area (Å²) in [6, 6.07) is 0. The second-order valence-corrected chi connectivity index (χ2v) is 0. The molecule has 0 spiro atoms. The van der Waals surface area contributed by atoms with Crippen molar-refractivity contribution in [2.45, 2.75) is 0 Å². The summed E-state index contributed by atoms with van der Waals surface area (Å²) in [5.41, 5.74) is 0. The minimum atomic E-state index is 0. The van der Waals surface area contributed by atoms with Crippen molar-refractivity contribution < 1.29 is 106 Å². The fraction of sp³-hybridized carbons (Fsp3) is 0. The summed E-state index contributed by atoms with van der Waals surface area (Å²) in [4.78, 5) is 0. The van der Waals surface area contributed by atoms with Gasteiger partial charge in [-0.1, -0.05) is 0 Å². The smallest absolute Gasteiger partial charge is 0.870 e. The average Bonchev–Trinajstić information content (AvgIpc) is 0. The Morgan fingerprint density at radius 3 is 0.500 bits per heavy atom. The molecule has 32 valence electrons. The van der Waals surface area contributed by atoms with Crippen LogP contribution >= 0.6 is 0 Å². The van der Waals surface area contributed by atoms with E-state index in [0.717, 1.165) is 0 Å². The quantitative estimate of drug-likeness (QED) is 0.370. The Hall–Kier alpha value is 2.58. The average molecular weight is 196 g/mol. The van der Waals surface area contributed by atoms with Gasteiger partial charge in [-0.3, -0.25) is 0 Å². The fourth-order valence-electron chi connectivity index (χ4n) is 0. The summed E-state index contributed by atoms with van der Waals surface area (Å²) in [5.74, 6) is 0. The van der Waals surface area contributed by atoms with Crippen LogP contribution in [0, 0.1) is 0 Å². The Kier molecular flexibility index (Phi) is 608. The molecule has 4 nitrogen and oxygen atoms in total. The molecule has 0 bridgehead atoms. The van der Waals surface area contributed by atoms with Gasteiger partial charge in [-0.05, 0) is 0 Å². The standard InChI is InChI=1S/K.4H2O.Y/h;4*1H2;/q+1;;;;;+3/p-4. The molecule has 6 heavy (non-hydrogen) atoms. The summed E-state index contributed by atoms with van der Waals surface area (Å²) in [6.07, 6.45) is 0. The normalized spacial score (nSPS) is 0. The van der Waals surface area contributed by atoms with Crippen molar-refractivity contribution in [1.29, 1.82) is 0 Å². The van der Waals surface area contributed by atoms with Crippen LogP contribution in [0.15, 0.2) is 0 Å². The van der Waals surface area contributed by atoms with E-state index in [1.807, 2.05) is 0 Å². The van der Waals surface area contributed by atoms with Gasteiger partial charge >= 0.3 is 84.1 Å². The molecule has 0 aromatic carbocycles. The van der Waals surface area contributed by atoms with Crippen molar-refractivity contribution in [1.82, 2.24) is 0 Å². The van der Waals surface area contributed by atoms with Crippen molar-refractivity contribution >= 4 is 0 Å². The van der Waals surface area contributed by atoms with Gasteiger partial charge in [0.25, 0.3) is 0 Å². The maximum absolute atomic E-state index is 0. The molecule has 0 saturated carbocycles. The Bertz CT molecular complexity index is 7.51. The van der Waals surface area contributed by atoms with Gasteiger partial charge in [-0.15, -0.1) is 0 Å². The zero-order valence-corrected chi connectivity index (χ0v) is 9.33. The second-order valence-electron chi connectivity index (χ2n) is 0. The number of rotatable bonds is 0. The van der Waals surface area contributed by atoms with E-state index in [1.54, 1.807) is 0 Å². The first-order chi connectivity index (χ1) is 0. The third kappa shape index (κ3) is 30.8. The topological polar surface area (TPSA) is 120 Å². The molecule has 0 radical (unpaired) electrons. The molecule has 0 fully saturated rings. The van der Waals surface area contributed by atoms with Gasteiger partial charge in [0.05, 0.1) is 0 Å². The first-order valence-corrected chi connectivity index (χ1v) is 0. The summed E-state index contributed by atoms with van der Waals surface area (Å²) in [7, 11) is 0. The first-order valence-electron chi connectivity index (χ1n) is 0. The second kappa shape index (κ2) is 49.3. The zero-order valence-electron chi connectivity index (χ0n) is 3.37. The van der Waals surface area contributed by atoms with Crippen molar-refractivity contribution in [2.75, 3.05) is 0 Å². The van der Waals surface area contributed by atoms with Gasteiger partial charge < -0.3 is 21.9 Å². The molecule has 0 aliphatic heterocycles. The monoisotopic (exact) mass is 196 g/mol. The van der Waals surface area contributed by atoms with Gasteiger partial charge in [-0.2, -0.15) is 0 Å². The first kappa shape index (κ1) is 74.1. The van der Waals surface area contributed by atoms with Crippen LogP contribution in [0.1, 0.15) is 0 Å². The minimum Gasteiger partial charge on any atom is -0.870 e. The van der Waals surface area contributed by atoms with E-state index in [1.165, 1.54) is 0 Å². The zero-order chi connectivity index (χ0) is 0. The Morgan fingerprint density at radius 1 is 0.500 bits per heavy atom. The van der Waals surface area contributed by atoms with Crippen LogP contribution in [0.2, 0.25) is 0 Å². The van der Waals surface area contributed by atoms with Crippen LogP contribution in [0.4, 0.5) is 0 Å². The molecule has 0 amide bonds. The van der Waals surface area contributed by atoms with Gasteiger partial charge in [0.2, 0.25) is 0 Å². The van der Waals surface area contributed by atoms with E-state index in [-0.39, 0.29) is 106 Å². The van der Waals surface area contributed by atoms with E-state index in [0.29, 0.717) is 0 Å². The number of hydrogen-bond acceptors (Lipinski definition) is 4. The van der Waals surface area contributed by atoms with E-state index in [9.17, 15) is 0 Å². The third-order valence-electron chi connectivity index (χ3n) is 0. The largest absolute Gasteiger partial charge is 3.00 e. The molecular formula is H4KO4Y. The Morgan fingerprint density at radius 2 is 0.500 bits per heavy atom. The summed E-state index contributed by atoms with van der Waals surface area (Å²) < 4.78 is 0. The van der Waals surface area contributed by atoms with Crippen LogP contribution in [-0.2, 0) is 32.7 Å². The fourth-order valence-corrected chi connectivity index (χ4v) is 0. The molecule has 0 unspecified atom stereocenters. The van der Waals surface area contributed by atoms with Crippen molar-refractivity contribution in [2.24, 2.45) is 0 Å². The van der Waals surface area contributed by atoms with Crippen LogP contribution in [-0.4, -0.2) is 21.9 Å². The maximum atomic E-state index is 0. The van der Waals surface area contributed by atoms with E-state index in [2.05, 4.69) is 0 Å². The maximum Gasteiger partial charge on any atom is 3.00 e. The minimum absolute atomic E-state index is 0. The molecule has 0 aromatic rings. The van der Waals surface area contributed by atoms with Gasteiger partial charge in [-0.25, -0.2) is 0 Å². The van der Waals surface area contributed by atoms with Crippen molar-refractivity contribution in [3.8, 4) is 0 Å². The van der Waals surface area contributed by atoms with E-state index >= 15 is 0 Å². The molecule has 0 aliphatic rings. The Balaban J connectivity index is 0. The van der Waals surface area contributed by atoms with E-state index in [4.69, 9.17) is 0 Å². The van der Waals surface area contributed by atoms with Crippen molar-refractivity contribution in [3.63, 3.8) is 0 Å². The molecule has 0 aliphatic carbocycles. The Labute approximate surface area is 104 Å². The molecule has 4 N–H and O–H groups in total. The SMILES string of the molecule is [K+].[OH-].[OH-].[OH-].[OH-].[Y+3]. The predicted octanol–water partition coefficient (Wildman–Crippen LogP) is -3.71. The van der Waals surface area contributed by atoms with Crippen LogP contribution in [0.25, 0.3) is 0 Å². The van der Waals surface area contributed by atoms with Crippen LogP contribution in [0.3, 0.4) is 0 Å². The van der Waals surface area contributed by atoms with Gasteiger partial charge in [0.1, 0.15) is 0 Å². The number of hydrogen-bond donors (Lipinski definition) is 0. The molecule has 0 atom stereocenters. The summed E-state index contributed by atoms with van der Waals surface area (Å²) in [6.45, 7) is 0. The molecule has 0 saturated heterocycles. The van der Waals surface area contributed by atoms with Gasteiger partial charge in [0, 0.05) is 0 Å².